The molecule has 0 fully saturated rings. The molecular weight excluding hydrogens is 452 g/mol. The Hall–Kier alpha value is -3.89. The lowest BCUT2D eigenvalue weighted by atomic mass is 10.0. The van der Waals surface area contributed by atoms with Crippen molar-refractivity contribution in [3.05, 3.63) is 24.0 Å². The predicted octanol–water partition coefficient (Wildman–Crippen LogP) is 2.76. The smallest absolute Gasteiger partial charge is 0.238 e. The molecule has 2 bridgehead atoms. The molecule has 2 amide bonds. The molecule has 3 heterocycles. The van der Waals surface area contributed by atoms with Crippen LogP contribution in [0.15, 0.2) is 23.5 Å². The first-order valence-corrected chi connectivity index (χ1v) is 11.6. The quantitative estimate of drug-likeness (QED) is 0.669. The molecule has 0 saturated heterocycles. The summed E-state index contributed by atoms with van der Waals surface area (Å²) in [5.74, 6) is 1.60. The highest BCUT2D eigenvalue weighted by Gasteiger charge is 2.33. The van der Waals surface area contributed by atoms with Crippen molar-refractivity contribution in [2.75, 3.05) is 51.6 Å². The van der Waals surface area contributed by atoms with Crippen LogP contribution in [0.2, 0.25) is 0 Å². The maximum Gasteiger partial charge on any atom is 0.238 e. The van der Waals surface area contributed by atoms with Gasteiger partial charge in [-0.1, -0.05) is 0 Å². The van der Waals surface area contributed by atoms with Crippen molar-refractivity contribution in [2.45, 2.75) is 31.6 Å². The summed E-state index contributed by atoms with van der Waals surface area (Å²) in [7, 11) is 4.88. The number of anilines is 2. The minimum absolute atomic E-state index is 0.0929. The Bertz CT molecular complexity index is 1120. The average Bonchev–Trinajstić information content (AvgIpc) is 3.19. The summed E-state index contributed by atoms with van der Waals surface area (Å²) < 4.78 is 16.9. The van der Waals surface area contributed by atoms with E-state index in [9.17, 15) is 9.59 Å². The molecule has 11 nitrogen and oxygen atoms in total. The number of ether oxygens (including phenoxy) is 3. The van der Waals surface area contributed by atoms with Crippen LogP contribution in [0, 0.1) is 0 Å². The predicted molar refractivity (Wildman–Crippen MR) is 131 cm³/mol. The first-order chi connectivity index (χ1) is 17.0. The number of nitrogens with one attached hydrogen (secondary N) is 2. The molecule has 1 aromatic carbocycles. The molecule has 0 aliphatic carbocycles. The van der Waals surface area contributed by atoms with E-state index in [1.54, 1.807) is 30.3 Å². The molecule has 2 aliphatic heterocycles. The van der Waals surface area contributed by atoms with Gasteiger partial charge in [0.2, 0.25) is 17.6 Å². The number of carbonyl (C=O) groups is 2. The van der Waals surface area contributed by atoms with Crippen molar-refractivity contribution in [1.82, 2.24) is 14.9 Å². The van der Waals surface area contributed by atoms with E-state index in [0.29, 0.717) is 79.1 Å². The van der Waals surface area contributed by atoms with Crippen LogP contribution in [-0.2, 0) is 9.59 Å². The Kier molecular flexibility index (Phi) is 7.64. The van der Waals surface area contributed by atoms with Crippen molar-refractivity contribution in [3.63, 3.8) is 0 Å². The minimum atomic E-state index is -0.669. The van der Waals surface area contributed by atoms with Gasteiger partial charge < -0.3 is 29.7 Å². The molecule has 11 heteroatoms. The minimum Gasteiger partial charge on any atom is -0.493 e. The van der Waals surface area contributed by atoms with Gasteiger partial charge in [0, 0.05) is 44.9 Å². The molecule has 2 aliphatic rings. The van der Waals surface area contributed by atoms with Crippen molar-refractivity contribution in [3.8, 4) is 17.2 Å². The van der Waals surface area contributed by atoms with Crippen molar-refractivity contribution in [2.24, 2.45) is 4.99 Å². The van der Waals surface area contributed by atoms with E-state index in [4.69, 9.17) is 14.2 Å². The fraction of sp³-hybridized carbons (Fsp3) is 0.458. The molecule has 1 aromatic heterocycles. The zero-order valence-corrected chi connectivity index (χ0v) is 20.2. The first-order valence-electron chi connectivity index (χ1n) is 11.6. The summed E-state index contributed by atoms with van der Waals surface area (Å²) in [5.41, 5.74) is 1.18. The maximum atomic E-state index is 12.7. The Balaban J connectivity index is 1.69. The van der Waals surface area contributed by atoms with Crippen LogP contribution in [0.3, 0.4) is 0 Å². The van der Waals surface area contributed by atoms with Gasteiger partial charge in [-0.2, -0.15) is 0 Å². The molecule has 186 valence electrons. The maximum absolute atomic E-state index is 12.7. The van der Waals surface area contributed by atoms with Crippen LogP contribution >= 0.6 is 0 Å². The van der Waals surface area contributed by atoms with Crippen molar-refractivity contribution >= 4 is 35.4 Å². The molecular formula is C24H30N6O5. The van der Waals surface area contributed by atoms with Crippen molar-refractivity contribution in [1.29, 1.82) is 0 Å². The summed E-state index contributed by atoms with van der Waals surface area (Å²) in [4.78, 5) is 40.0. The third-order valence-electron chi connectivity index (χ3n) is 5.95. The lowest BCUT2D eigenvalue weighted by molar-refractivity contribution is -0.130. The zero-order valence-electron chi connectivity index (χ0n) is 20.2. The fourth-order valence-corrected chi connectivity index (χ4v) is 4.06. The highest BCUT2D eigenvalue weighted by molar-refractivity contribution is 6.13. The number of fused-ring (bicyclic) bond motifs is 2. The van der Waals surface area contributed by atoms with Crippen LogP contribution < -0.4 is 24.8 Å². The lowest BCUT2D eigenvalue weighted by Gasteiger charge is -2.18. The van der Waals surface area contributed by atoms with Crippen LogP contribution in [-0.4, -0.2) is 73.9 Å². The number of aromatic nitrogens is 2. The van der Waals surface area contributed by atoms with Gasteiger partial charge in [-0.3, -0.25) is 14.6 Å². The van der Waals surface area contributed by atoms with Gasteiger partial charge in [0.25, 0.3) is 0 Å². The van der Waals surface area contributed by atoms with E-state index in [2.05, 4.69) is 25.6 Å². The number of nitrogens with zero attached hydrogens (tertiary/aromatic N) is 4. The van der Waals surface area contributed by atoms with Crippen LogP contribution in [0.5, 0.6) is 17.2 Å². The topological polar surface area (TPSA) is 127 Å². The summed E-state index contributed by atoms with van der Waals surface area (Å²) in [6, 6.07) is 3.45. The normalized spacial score (nSPS) is 18.8. The van der Waals surface area contributed by atoms with Gasteiger partial charge in [0.05, 0.1) is 32.1 Å². The van der Waals surface area contributed by atoms with E-state index in [1.165, 1.54) is 20.5 Å². The van der Waals surface area contributed by atoms with Gasteiger partial charge in [-0.25, -0.2) is 9.97 Å². The molecule has 1 unspecified atom stereocenters. The van der Waals surface area contributed by atoms with Gasteiger partial charge in [0.15, 0.2) is 11.5 Å². The second-order valence-electron chi connectivity index (χ2n) is 8.31. The Labute approximate surface area is 203 Å². The Morgan fingerprint density at radius 1 is 1.09 bits per heavy atom. The van der Waals surface area contributed by atoms with Crippen LogP contribution in [0.1, 0.15) is 37.2 Å². The number of carbonyl (C=O) groups excluding carboxylic acids is 2. The number of hydrogen-bond donors (Lipinski definition) is 2. The number of benzene rings is 1. The second-order valence-corrected chi connectivity index (χ2v) is 8.31. The van der Waals surface area contributed by atoms with Crippen LogP contribution in [0.4, 0.5) is 17.3 Å². The monoisotopic (exact) mass is 482 g/mol. The van der Waals surface area contributed by atoms with E-state index >= 15 is 0 Å². The molecule has 0 saturated carbocycles. The Morgan fingerprint density at radius 3 is 2.71 bits per heavy atom. The largest absolute Gasteiger partial charge is 0.493 e. The second kappa shape index (κ2) is 11.0. The highest BCUT2D eigenvalue weighted by atomic mass is 16.5. The summed E-state index contributed by atoms with van der Waals surface area (Å²) in [5, 5.41) is 6.08. The third-order valence-corrected chi connectivity index (χ3v) is 5.95. The van der Waals surface area contributed by atoms with E-state index < -0.39 is 5.92 Å². The van der Waals surface area contributed by atoms with Gasteiger partial charge >= 0.3 is 0 Å². The number of amides is 2. The first kappa shape index (κ1) is 24.2. The summed E-state index contributed by atoms with van der Waals surface area (Å²) >= 11 is 0. The summed E-state index contributed by atoms with van der Waals surface area (Å²) in [6.07, 6.45) is 5.58. The summed E-state index contributed by atoms with van der Waals surface area (Å²) in [6.45, 7) is 1.61. The zero-order chi connectivity index (χ0) is 24.8. The molecule has 4 rings (SSSR count). The molecule has 2 aromatic rings. The molecule has 0 spiro atoms. The Morgan fingerprint density at radius 2 is 1.91 bits per heavy atom. The number of hydrogen-bond acceptors (Lipinski definition) is 9. The molecule has 1 atom stereocenters. The molecule has 2 N–H and O–H groups in total. The number of methoxy groups -OCH3 is 2. The third kappa shape index (κ3) is 5.44. The average molecular weight is 483 g/mol. The van der Waals surface area contributed by atoms with Gasteiger partial charge in [-0.05, 0) is 19.3 Å². The highest BCUT2D eigenvalue weighted by Crippen LogP contribution is 2.42. The van der Waals surface area contributed by atoms with Gasteiger partial charge in [0.1, 0.15) is 23.9 Å². The van der Waals surface area contributed by atoms with E-state index in [-0.39, 0.29) is 11.8 Å². The van der Waals surface area contributed by atoms with Gasteiger partial charge in [-0.15, -0.1) is 0 Å². The van der Waals surface area contributed by atoms with Crippen LogP contribution in [0.25, 0.3) is 0 Å². The standard InChI is InChI=1S/C24H30N6O5/c1-30-9-6-8-25-22-20-16(24(32)29-23(20)28-14-27-22)13-26-15-11-17(33-2)21(34-3)18(12-15)35-10-5-4-7-19(30)31/h11-14,16H,4-10H2,1-3H3,(H2,25,27,28,29,32). The van der Waals surface area contributed by atoms with E-state index in [1.807, 2.05) is 0 Å². The number of rotatable bonds is 2. The molecule has 35 heavy (non-hydrogen) atoms. The van der Waals surface area contributed by atoms with E-state index in [0.717, 1.165) is 6.42 Å². The molecule has 0 radical (unpaired) electrons. The van der Waals surface area contributed by atoms with Crippen molar-refractivity contribution < 1.29 is 23.8 Å². The SMILES string of the molecule is COc1cc2cc(c1OC)OCCCCC(=O)N(C)CCCNc1ncnc3c1C(C=N2)C(=O)N3. The fourth-order valence-electron chi connectivity index (χ4n) is 4.06. The lowest BCUT2D eigenvalue weighted by Crippen LogP contribution is -2.28. The number of aliphatic imine (C=N–C) groups is 1.